The maximum absolute atomic E-state index is 10.7. The Kier molecular flexibility index (Phi) is 4.75. The summed E-state index contributed by atoms with van der Waals surface area (Å²) in [4.78, 5) is 18.6. The molecular weight excluding hydrogens is 300 g/mol. The molecular formula is C12H11ClN4O2S. The fraction of sp³-hybridized carbons (Fsp3) is 0.167. The summed E-state index contributed by atoms with van der Waals surface area (Å²) in [6.07, 6.45) is 1.86. The number of nitro groups is 1. The van der Waals surface area contributed by atoms with Crippen molar-refractivity contribution in [3.8, 4) is 0 Å². The third-order valence-corrected chi connectivity index (χ3v) is 3.19. The summed E-state index contributed by atoms with van der Waals surface area (Å²) < 4.78 is 0. The minimum Gasteiger partial charge on any atom is -0.366 e. The lowest BCUT2D eigenvalue weighted by Gasteiger charge is -2.07. The van der Waals surface area contributed by atoms with Crippen molar-refractivity contribution in [1.29, 1.82) is 0 Å². The number of aromatic nitrogens is 2. The van der Waals surface area contributed by atoms with Crippen molar-refractivity contribution in [3.63, 3.8) is 0 Å². The first kappa shape index (κ1) is 14.5. The van der Waals surface area contributed by atoms with Crippen LogP contribution in [-0.4, -0.2) is 21.1 Å². The Morgan fingerprint density at radius 1 is 1.40 bits per heavy atom. The highest BCUT2D eigenvalue weighted by atomic mass is 35.5. The van der Waals surface area contributed by atoms with Gasteiger partial charge in [0.05, 0.1) is 4.92 Å². The van der Waals surface area contributed by atoms with Crippen LogP contribution in [-0.2, 0) is 6.54 Å². The Bertz CT molecular complexity index is 639. The number of nitrogens with zero attached hydrogens (tertiary/aromatic N) is 3. The van der Waals surface area contributed by atoms with Gasteiger partial charge in [-0.05, 0) is 11.8 Å². The molecule has 2 aromatic rings. The number of benzene rings is 1. The second-order valence-electron chi connectivity index (χ2n) is 3.84. The number of anilines is 1. The predicted molar refractivity (Wildman–Crippen MR) is 79.2 cm³/mol. The van der Waals surface area contributed by atoms with E-state index in [0.717, 1.165) is 5.56 Å². The molecule has 0 fully saturated rings. The van der Waals surface area contributed by atoms with Gasteiger partial charge in [0.15, 0.2) is 5.16 Å². The Morgan fingerprint density at radius 2 is 2.20 bits per heavy atom. The zero-order chi connectivity index (χ0) is 14.5. The van der Waals surface area contributed by atoms with Crippen LogP contribution < -0.4 is 5.32 Å². The van der Waals surface area contributed by atoms with E-state index in [0.29, 0.717) is 22.7 Å². The number of nitrogens with one attached hydrogen (secondary N) is 1. The van der Waals surface area contributed by atoms with E-state index in [1.807, 2.05) is 6.26 Å². The Balaban J connectivity index is 2.10. The van der Waals surface area contributed by atoms with E-state index in [4.69, 9.17) is 11.6 Å². The lowest BCUT2D eigenvalue weighted by atomic mass is 10.2. The molecule has 1 heterocycles. The first-order valence-electron chi connectivity index (χ1n) is 5.64. The second-order valence-corrected chi connectivity index (χ2v) is 5.00. The number of non-ortho nitro benzene ring substituents is 1. The maximum atomic E-state index is 10.7. The van der Waals surface area contributed by atoms with Crippen LogP contribution in [0, 0.1) is 10.1 Å². The van der Waals surface area contributed by atoms with Crippen LogP contribution in [0.3, 0.4) is 0 Å². The summed E-state index contributed by atoms with van der Waals surface area (Å²) in [6.45, 7) is 0.419. The molecule has 1 aromatic heterocycles. The Labute approximate surface area is 124 Å². The second kappa shape index (κ2) is 6.53. The quantitative estimate of drug-likeness (QED) is 0.300. The molecule has 0 bridgehead atoms. The van der Waals surface area contributed by atoms with Crippen LogP contribution >= 0.6 is 23.4 Å². The van der Waals surface area contributed by atoms with E-state index in [-0.39, 0.29) is 5.69 Å². The van der Waals surface area contributed by atoms with Crippen LogP contribution in [0.25, 0.3) is 0 Å². The molecule has 0 aliphatic carbocycles. The van der Waals surface area contributed by atoms with Gasteiger partial charge in [0.1, 0.15) is 11.0 Å². The zero-order valence-electron chi connectivity index (χ0n) is 10.5. The number of hydrogen-bond acceptors (Lipinski definition) is 6. The van der Waals surface area contributed by atoms with Crippen LogP contribution in [0.2, 0.25) is 5.15 Å². The minimum atomic E-state index is -0.420. The standard InChI is InChI=1S/C12H11ClN4O2S/c1-20-12-15-10(13)6-11(16-12)14-7-8-3-2-4-9(5-8)17(18)19/h2-6H,7H2,1H3,(H,14,15,16). The van der Waals surface area contributed by atoms with E-state index in [1.165, 1.54) is 23.9 Å². The van der Waals surface area contributed by atoms with E-state index in [1.54, 1.807) is 18.2 Å². The number of nitro benzene ring substituents is 1. The molecule has 1 aromatic carbocycles. The van der Waals surface area contributed by atoms with Crippen LogP contribution in [0.5, 0.6) is 0 Å². The Morgan fingerprint density at radius 3 is 2.90 bits per heavy atom. The zero-order valence-corrected chi connectivity index (χ0v) is 12.1. The lowest BCUT2D eigenvalue weighted by molar-refractivity contribution is -0.384. The lowest BCUT2D eigenvalue weighted by Crippen LogP contribution is -2.03. The predicted octanol–water partition coefficient (Wildman–Crippen LogP) is 3.37. The van der Waals surface area contributed by atoms with Gasteiger partial charge in [0.25, 0.3) is 5.69 Å². The highest BCUT2D eigenvalue weighted by Gasteiger charge is 2.06. The van der Waals surface area contributed by atoms with Gasteiger partial charge < -0.3 is 5.32 Å². The average Bonchev–Trinajstić information content (AvgIpc) is 2.44. The van der Waals surface area contributed by atoms with Gasteiger partial charge in [-0.2, -0.15) is 0 Å². The van der Waals surface area contributed by atoms with Crippen LogP contribution in [0.1, 0.15) is 5.56 Å². The molecule has 6 nitrogen and oxygen atoms in total. The van der Waals surface area contributed by atoms with E-state index < -0.39 is 4.92 Å². The smallest absolute Gasteiger partial charge is 0.269 e. The summed E-state index contributed by atoms with van der Waals surface area (Å²) in [5.41, 5.74) is 0.856. The monoisotopic (exact) mass is 310 g/mol. The molecule has 1 N–H and O–H groups in total. The number of hydrogen-bond donors (Lipinski definition) is 1. The van der Waals surface area contributed by atoms with E-state index in [9.17, 15) is 10.1 Å². The topological polar surface area (TPSA) is 81.0 Å². The molecule has 104 valence electrons. The van der Waals surface area contributed by atoms with Crippen molar-refractivity contribution in [3.05, 3.63) is 51.2 Å². The molecule has 0 spiro atoms. The summed E-state index contributed by atoms with van der Waals surface area (Å²) in [6, 6.07) is 8.04. The normalized spacial score (nSPS) is 10.3. The molecule has 8 heteroatoms. The molecule has 0 aliphatic heterocycles. The van der Waals surface area contributed by atoms with Crippen molar-refractivity contribution < 1.29 is 4.92 Å². The molecule has 0 unspecified atom stereocenters. The summed E-state index contributed by atoms with van der Waals surface area (Å²) in [5, 5.41) is 14.7. The third-order valence-electron chi connectivity index (χ3n) is 2.45. The highest BCUT2D eigenvalue weighted by Crippen LogP contribution is 2.18. The first-order chi connectivity index (χ1) is 9.58. The number of thioether (sulfide) groups is 1. The van der Waals surface area contributed by atoms with Gasteiger partial charge in [-0.25, -0.2) is 9.97 Å². The molecule has 0 aliphatic rings. The van der Waals surface area contributed by atoms with Gasteiger partial charge in [-0.3, -0.25) is 10.1 Å². The molecule has 0 atom stereocenters. The maximum Gasteiger partial charge on any atom is 0.269 e. The first-order valence-corrected chi connectivity index (χ1v) is 7.24. The van der Waals surface area contributed by atoms with Crippen LogP contribution in [0.15, 0.2) is 35.5 Å². The molecule has 0 radical (unpaired) electrons. The van der Waals surface area contributed by atoms with Gasteiger partial charge >= 0.3 is 0 Å². The summed E-state index contributed by atoms with van der Waals surface area (Å²) >= 11 is 7.27. The largest absolute Gasteiger partial charge is 0.366 e. The van der Waals surface area contributed by atoms with Crippen molar-refractivity contribution in [2.24, 2.45) is 0 Å². The highest BCUT2D eigenvalue weighted by molar-refractivity contribution is 7.98. The molecule has 0 amide bonds. The fourth-order valence-electron chi connectivity index (χ4n) is 1.55. The van der Waals surface area contributed by atoms with Crippen molar-refractivity contribution in [2.45, 2.75) is 11.7 Å². The molecule has 20 heavy (non-hydrogen) atoms. The van der Waals surface area contributed by atoms with Gasteiger partial charge in [0, 0.05) is 24.7 Å². The number of halogens is 1. The van der Waals surface area contributed by atoms with Gasteiger partial charge in [-0.1, -0.05) is 35.5 Å². The molecule has 2 rings (SSSR count). The minimum absolute atomic E-state index is 0.0647. The van der Waals surface area contributed by atoms with Crippen molar-refractivity contribution in [2.75, 3.05) is 11.6 Å². The van der Waals surface area contributed by atoms with Crippen molar-refractivity contribution >= 4 is 34.9 Å². The fourth-order valence-corrected chi connectivity index (χ4v) is 2.16. The summed E-state index contributed by atoms with van der Waals surface area (Å²) in [7, 11) is 0. The van der Waals surface area contributed by atoms with Gasteiger partial charge in [0.2, 0.25) is 0 Å². The Hall–Kier alpha value is -1.86. The van der Waals surface area contributed by atoms with Crippen LogP contribution in [0.4, 0.5) is 11.5 Å². The van der Waals surface area contributed by atoms with E-state index in [2.05, 4.69) is 15.3 Å². The molecule has 0 saturated carbocycles. The average molecular weight is 311 g/mol. The van der Waals surface area contributed by atoms with E-state index >= 15 is 0 Å². The molecule has 0 saturated heterocycles. The third kappa shape index (κ3) is 3.82. The SMILES string of the molecule is CSc1nc(Cl)cc(NCc2cccc([N+](=O)[O-])c2)n1. The van der Waals surface area contributed by atoms with Crippen molar-refractivity contribution in [1.82, 2.24) is 9.97 Å². The number of rotatable bonds is 5. The van der Waals surface area contributed by atoms with Gasteiger partial charge in [-0.15, -0.1) is 0 Å². The summed E-state index contributed by atoms with van der Waals surface area (Å²) in [5.74, 6) is 0.584.